The van der Waals surface area contributed by atoms with Gasteiger partial charge in [0.25, 0.3) is 5.91 Å². The van der Waals surface area contributed by atoms with Crippen LogP contribution in [-0.4, -0.2) is 50.1 Å². The number of furan rings is 1. The van der Waals surface area contributed by atoms with Crippen LogP contribution in [0, 0.1) is 5.82 Å². The van der Waals surface area contributed by atoms with Crippen molar-refractivity contribution in [3.63, 3.8) is 0 Å². The summed E-state index contributed by atoms with van der Waals surface area (Å²) in [6, 6.07) is 17.5. The molecule has 4 rings (SSSR count). The summed E-state index contributed by atoms with van der Waals surface area (Å²) in [5.41, 5.74) is 1.61. The number of amides is 1. The molecule has 1 fully saturated rings. The number of ether oxygens (including phenoxy) is 1. The lowest BCUT2D eigenvalue weighted by Gasteiger charge is -2.39. The molecule has 0 bridgehead atoms. The van der Waals surface area contributed by atoms with Gasteiger partial charge in [-0.25, -0.2) is 4.39 Å². The van der Waals surface area contributed by atoms with Gasteiger partial charge in [0.1, 0.15) is 17.3 Å². The van der Waals surface area contributed by atoms with Crippen molar-refractivity contribution in [2.24, 2.45) is 0 Å². The molecule has 1 amide bonds. The molecule has 7 heteroatoms. The quantitative estimate of drug-likeness (QED) is 0.575. The third-order valence-corrected chi connectivity index (χ3v) is 5.70. The molecule has 1 N–H and O–H groups in total. The summed E-state index contributed by atoms with van der Waals surface area (Å²) in [4.78, 5) is 17.3. The number of benzene rings is 2. The first kappa shape index (κ1) is 21.9. The van der Waals surface area contributed by atoms with Crippen LogP contribution in [0.2, 0.25) is 0 Å². The average Bonchev–Trinajstić information content (AvgIpc) is 3.35. The van der Waals surface area contributed by atoms with Crippen LogP contribution >= 0.6 is 0 Å². The van der Waals surface area contributed by atoms with Crippen LogP contribution in [0.4, 0.5) is 10.1 Å². The number of nitrogens with zero attached hydrogens (tertiary/aromatic N) is 2. The van der Waals surface area contributed by atoms with Crippen LogP contribution < -0.4 is 15.0 Å². The standard InChI is InChI=1S/C25H28FN3O3/c1-2-31-22-11-5-19(6-12-22)25(30)27-18-23(24-4-3-17-32-24)29-15-13-28(14-16-29)21-9-7-20(26)8-10-21/h3-12,17,23H,2,13-16,18H2,1H3,(H,27,30)/t23-/m0/s1. The van der Waals surface area contributed by atoms with Crippen molar-refractivity contribution in [2.45, 2.75) is 13.0 Å². The summed E-state index contributed by atoms with van der Waals surface area (Å²) in [5.74, 6) is 1.21. The van der Waals surface area contributed by atoms with E-state index < -0.39 is 0 Å². The lowest BCUT2D eigenvalue weighted by atomic mass is 10.1. The Labute approximate surface area is 187 Å². The molecular formula is C25H28FN3O3. The number of carbonyl (C=O) groups is 1. The van der Waals surface area contributed by atoms with E-state index in [9.17, 15) is 9.18 Å². The van der Waals surface area contributed by atoms with Crippen LogP contribution in [0.5, 0.6) is 5.75 Å². The van der Waals surface area contributed by atoms with Crippen molar-refractivity contribution in [1.82, 2.24) is 10.2 Å². The van der Waals surface area contributed by atoms with Gasteiger partial charge in [0.05, 0.1) is 18.9 Å². The first-order valence-electron chi connectivity index (χ1n) is 10.9. The van der Waals surface area contributed by atoms with Gasteiger partial charge in [0, 0.05) is 44.0 Å². The molecule has 32 heavy (non-hydrogen) atoms. The molecule has 1 saturated heterocycles. The number of hydrogen-bond acceptors (Lipinski definition) is 5. The number of anilines is 1. The minimum absolute atomic E-state index is 0.0629. The van der Waals surface area contributed by atoms with Gasteiger partial charge in [0.2, 0.25) is 0 Å². The molecule has 1 atom stereocenters. The van der Waals surface area contributed by atoms with E-state index in [1.165, 1.54) is 12.1 Å². The van der Waals surface area contributed by atoms with E-state index in [1.807, 2.05) is 31.2 Å². The number of hydrogen-bond donors (Lipinski definition) is 1. The number of carbonyl (C=O) groups excluding carboxylic acids is 1. The molecule has 0 saturated carbocycles. The van der Waals surface area contributed by atoms with Crippen molar-refractivity contribution in [2.75, 3.05) is 44.2 Å². The van der Waals surface area contributed by atoms with Crippen LogP contribution in [0.15, 0.2) is 71.3 Å². The van der Waals surface area contributed by atoms with Crippen molar-refractivity contribution in [1.29, 1.82) is 0 Å². The number of piperazine rings is 1. The van der Waals surface area contributed by atoms with Gasteiger partial charge in [-0.3, -0.25) is 9.69 Å². The first-order chi connectivity index (χ1) is 15.6. The largest absolute Gasteiger partial charge is 0.494 e. The third-order valence-electron chi connectivity index (χ3n) is 5.70. The van der Waals surface area contributed by atoms with E-state index in [0.717, 1.165) is 43.4 Å². The summed E-state index contributed by atoms with van der Waals surface area (Å²) in [6.45, 7) is 6.20. The molecule has 2 aromatic carbocycles. The highest BCUT2D eigenvalue weighted by atomic mass is 19.1. The van der Waals surface area contributed by atoms with E-state index in [2.05, 4.69) is 15.1 Å². The topological polar surface area (TPSA) is 58.0 Å². The fourth-order valence-electron chi connectivity index (χ4n) is 3.99. The van der Waals surface area contributed by atoms with E-state index in [-0.39, 0.29) is 17.8 Å². The third kappa shape index (κ3) is 5.29. The Morgan fingerprint density at radius 1 is 1.06 bits per heavy atom. The molecule has 0 unspecified atom stereocenters. The lowest BCUT2D eigenvalue weighted by molar-refractivity contribution is 0.0923. The summed E-state index contributed by atoms with van der Waals surface area (Å²) in [7, 11) is 0. The fraction of sp³-hybridized carbons (Fsp3) is 0.320. The zero-order valence-electron chi connectivity index (χ0n) is 18.2. The van der Waals surface area contributed by atoms with Crippen LogP contribution in [0.3, 0.4) is 0 Å². The molecule has 0 spiro atoms. The Morgan fingerprint density at radius 3 is 2.41 bits per heavy atom. The monoisotopic (exact) mass is 437 g/mol. The highest BCUT2D eigenvalue weighted by Gasteiger charge is 2.27. The zero-order chi connectivity index (χ0) is 22.3. The Kier molecular flexibility index (Phi) is 7.07. The highest BCUT2D eigenvalue weighted by Crippen LogP contribution is 2.25. The molecule has 168 valence electrons. The Balaban J connectivity index is 1.38. The minimum Gasteiger partial charge on any atom is -0.494 e. The predicted molar refractivity (Wildman–Crippen MR) is 122 cm³/mol. The van der Waals surface area contributed by atoms with Crippen molar-refractivity contribution in [3.8, 4) is 5.75 Å². The molecule has 2 heterocycles. The van der Waals surface area contributed by atoms with E-state index in [1.54, 1.807) is 30.5 Å². The van der Waals surface area contributed by atoms with Gasteiger partial charge in [-0.1, -0.05) is 0 Å². The average molecular weight is 438 g/mol. The second-order valence-corrected chi connectivity index (χ2v) is 7.70. The summed E-state index contributed by atoms with van der Waals surface area (Å²) < 4.78 is 24.4. The molecule has 6 nitrogen and oxygen atoms in total. The molecular weight excluding hydrogens is 409 g/mol. The summed E-state index contributed by atoms with van der Waals surface area (Å²) >= 11 is 0. The second-order valence-electron chi connectivity index (χ2n) is 7.70. The van der Waals surface area contributed by atoms with Gasteiger partial charge in [-0.2, -0.15) is 0 Å². The number of rotatable bonds is 8. The second kappa shape index (κ2) is 10.3. The van der Waals surface area contributed by atoms with Crippen LogP contribution in [-0.2, 0) is 0 Å². The highest BCUT2D eigenvalue weighted by molar-refractivity contribution is 5.94. The van der Waals surface area contributed by atoms with Gasteiger partial charge in [-0.05, 0) is 67.6 Å². The van der Waals surface area contributed by atoms with Crippen molar-refractivity contribution < 1.29 is 18.3 Å². The fourth-order valence-corrected chi connectivity index (χ4v) is 3.99. The molecule has 0 radical (unpaired) electrons. The predicted octanol–water partition coefficient (Wildman–Crippen LogP) is 4.11. The molecule has 1 aromatic heterocycles. The van der Waals surface area contributed by atoms with Crippen LogP contribution in [0.25, 0.3) is 0 Å². The molecule has 3 aromatic rings. The lowest BCUT2D eigenvalue weighted by Crippen LogP contribution is -2.49. The first-order valence-corrected chi connectivity index (χ1v) is 10.9. The zero-order valence-corrected chi connectivity index (χ0v) is 18.2. The maximum atomic E-state index is 13.2. The molecule has 0 aliphatic carbocycles. The van der Waals surface area contributed by atoms with Gasteiger partial charge < -0.3 is 19.4 Å². The number of halogens is 1. The Morgan fingerprint density at radius 2 is 1.78 bits per heavy atom. The molecule has 1 aliphatic heterocycles. The van der Waals surface area contributed by atoms with Gasteiger partial charge >= 0.3 is 0 Å². The van der Waals surface area contributed by atoms with E-state index in [0.29, 0.717) is 18.7 Å². The van der Waals surface area contributed by atoms with E-state index in [4.69, 9.17) is 9.15 Å². The van der Waals surface area contributed by atoms with E-state index >= 15 is 0 Å². The maximum Gasteiger partial charge on any atom is 0.251 e. The van der Waals surface area contributed by atoms with Crippen LogP contribution in [0.1, 0.15) is 29.1 Å². The van der Waals surface area contributed by atoms with Gasteiger partial charge in [-0.15, -0.1) is 0 Å². The maximum absolute atomic E-state index is 13.2. The summed E-state index contributed by atoms with van der Waals surface area (Å²) in [5, 5.41) is 3.05. The molecule has 1 aliphatic rings. The van der Waals surface area contributed by atoms with Crippen molar-refractivity contribution >= 4 is 11.6 Å². The smallest absolute Gasteiger partial charge is 0.251 e. The van der Waals surface area contributed by atoms with Crippen molar-refractivity contribution in [3.05, 3.63) is 84.1 Å². The number of nitrogens with one attached hydrogen (secondary N) is 1. The minimum atomic E-state index is -0.228. The van der Waals surface area contributed by atoms with Gasteiger partial charge in [0.15, 0.2) is 0 Å². The Hall–Kier alpha value is -3.32. The normalized spacial score (nSPS) is 15.4. The summed E-state index contributed by atoms with van der Waals surface area (Å²) in [6.07, 6.45) is 1.66. The Bertz CT molecular complexity index is 982. The SMILES string of the molecule is CCOc1ccc(C(=O)NC[C@@H](c2ccco2)N2CCN(c3ccc(F)cc3)CC2)cc1.